The van der Waals surface area contributed by atoms with Gasteiger partial charge in [0.1, 0.15) is 23.0 Å². The Morgan fingerprint density at radius 1 is 0.500 bits per heavy atom. The van der Waals surface area contributed by atoms with Gasteiger partial charge in [-0.2, -0.15) is 0 Å². The Morgan fingerprint density at radius 3 is 1.35 bits per heavy atom. The number of ether oxygens (including phenoxy) is 3. The Bertz CT molecular complexity index is 2030. The van der Waals surface area contributed by atoms with E-state index in [9.17, 15) is 9.59 Å². The van der Waals surface area contributed by atoms with E-state index in [4.69, 9.17) is 25.7 Å². The van der Waals surface area contributed by atoms with E-state index in [0.29, 0.717) is 45.5 Å². The van der Waals surface area contributed by atoms with Crippen LogP contribution in [0.4, 0.5) is 11.4 Å². The van der Waals surface area contributed by atoms with Gasteiger partial charge in [0.25, 0.3) is 0 Å². The van der Waals surface area contributed by atoms with Crippen molar-refractivity contribution in [3.05, 3.63) is 167 Å². The topological polar surface area (TPSA) is 114 Å². The van der Waals surface area contributed by atoms with Crippen molar-refractivity contribution in [3.63, 3.8) is 0 Å². The van der Waals surface area contributed by atoms with Gasteiger partial charge in [-0.25, -0.2) is 9.59 Å². The van der Waals surface area contributed by atoms with Crippen molar-refractivity contribution < 1.29 is 23.8 Å². The van der Waals surface area contributed by atoms with Crippen molar-refractivity contribution in [2.24, 2.45) is 0 Å². The maximum Gasteiger partial charge on any atom is 0.343 e. The molecule has 0 atom stereocenters. The van der Waals surface area contributed by atoms with Crippen LogP contribution in [0.5, 0.6) is 23.0 Å². The summed E-state index contributed by atoms with van der Waals surface area (Å²) >= 11 is 0. The highest BCUT2D eigenvalue weighted by Gasteiger charge is 2.51. The number of nitrogens with two attached hydrogens (primary N) is 2. The van der Waals surface area contributed by atoms with E-state index < -0.39 is 17.4 Å². The molecule has 4 N–H and O–H groups in total. The minimum Gasteiger partial charge on any atom is -0.456 e. The molecule has 0 saturated carbocycles. The molecule has 0 bridgehead atoms. The molecule has 8 rings (SSSR count). The molecule has 222 valence electrons. The third-order valence-corrected chi connectivity index (χ3v) is 8.60. The van der Waals surface area contributed by atoms with Crippen molar-refractivity contribution >= 4 is 23.3 Å². The molecule has 1 heterocycles. The second-order valence-electron chi connectivity index (χ2n) is 11.3. The summed E-state index contributed by atoms with van der Waals surface area (Å²) in [6.07, 6.45) is 0. The first kappa shape index (κ1) is 27.2. The highest BCUT2D eigenvalue weighted by Crippen LogP contribution is 2.62. The van der Waals surface area contributed by atoms with Crippen LogP contribution < -0.4 is 25.7 Å². The Hall–Kier alpha value is -6.34. The van der Waals surface area contributed by atoms with E-state index in [1.807, 2.05) is 36.4 Å². The molecule has 7 heteroatoms. The van der Waals surface area contributed by atoms with Crippen LogP contribution in [-0.2, 0) is 5.41 Å². The van der Waals surface area contributed by atoms with Gasteiger partial charge in [0.15, 0.2) is 0 Å². The summed E-state index contributed by atoms with van der Waals surface area (Å²) < 4.78 is 18.1. The molecule has 1 aliphatic carbocycles. The smallest absolute Gasteiger partial charge is 0.343 e. The molecule has 7 nitrogen and oxygen atoms in total. The summed E-state index contributed by atoms with van der Waals surface area (Å²) in [5, 5.41) is 0. The molecular formula is C39H26N2O5. The van der Waals surface area contributed by atoms with Gasteiger partial charge >= 0.3 is 11.9 Å². The van der Waals surface area contributed by atoms with Gasteiger partial charge in [0, 0.05) is 34.6 Å². The third-order valence-electron chi connectivity index (χ3n) is 8.60. The average Bonchev–Trinajstić information content (AvgIpc) is 3.36. The van der Waals surface area contributed by atoms with Crippen LogP contribution in [0.1, 0.15) is 43.0 Å². The van der Waals surface area contributed by atoms with Crippen LogP contribution in [0.25, 0.3) is 11.1 Å². The number of benzene rings is 6. The van der Waals surface area contributed by atoms with Gasteiger partial charge in [0.2, 0.25) is 0 Å². The van der Waals surface area contributed by atoms with Crippen LogP contribution >= 0.6 is 0 Å². The minimum absolute atomic E-state index is 0.324. The summed E-state index contributed by atoms with van der Waals surface area (Å²) in [4.78, 5) is 26.0. The van der Waals surface area contributed by atoms with Crippen molar-refractivity contribution in [1.82, 2.24) is 0 Å². The van der Waals surface area contributed by atoms with Gasteiger partial charge in [-0.05, 0) is 82.9 Å². The zero-order valence-electron chi connectivity index (χ0n) is 24.4. The molecule has 1 aliphatic heterocycles. The van der Waals surface area contributed by atoms with Gasteiger partial charge < -0.3 is 25.7 Å². The fraction of sp³-hybridized carbons (Fsp3) is 0.0256. The molecule has 2 aliphatic rings. The first-order chi connectivity index (χ1) is 22.4. The van der Waals surface area contributed by atoms with E-state index in [2.05, 4.69) is 24.3 Å². The van der Waals surface area contributed by atoms with Gasteiger partial charge in [-0.3, -0.25) is 0 Å². The summed E-state index contributed by atoms with van der Waals surface area (Å²) in [5.74, 6) is 0.653. The largest absolute Gasteiger partial charge is 0.456 e. The summed E-state index contributed by atoms with van der Waals surface area (Å²) in [6, 6.07) is 40.7. The summed E-state index contributed by atoms with van der Waals surface area (Å²) in [6.45, 7) is 0. The molecule has 0 radical (unpaired) electrons. The lowest BCUT2D eigenvalue weighted by atomic mass is 9.66. The van der Waals surface area contributed by atoms with Crippen LogP contribution in [0.3, 0.4) is 0 Å². The highest BCUT2D eigenvalue weighted by molar-refractivity contribution is 5.93. The first-order valence-corrected chi connectivity index (χ1v) is 14.7. The fourth-order valence-electron chi connectivity index (χ4n) is 6.57. The Balaban J connectivity index is 1.26. The van der Waals surface area contributed by atoms with Crippen LogP contribution in [-0.4, -0.2) is 11.9 Å². The number of carbonyl (C=O) groups is 2. The third kappa shape index (κ3) is 4.21. The Morgan fingerprint density at radius 2 is 0.913 bits per heavy atom. The molecular weight excluding hydrogens is 576 g/mol. The average molecular weight is 603 g/mol. The molecule has 46 heavy (non-hydrogen) atoms. The number of esters is 2. The number of anilines is 2. The van der Waals surface area contributed by atoms with E-state index in [1.165, 1.54) is 0 Å². The molecule has 0 fully saturated rings. The van der Waals surface area contributed by atoms with E-state index in [-0.39, 0.29) is 0 Å². The zero-order chi connectivity index (χ0) is 31.4. The maximum atomic E-state index is 13.0. The lowest BCUT2D eigenvalue weighted by Gasteiger charge is -2.39. The molecule has 0 saturated heterocycles. The lowest BCUT2D eigenvalue weighted by molar-refractivity contribution is 0.0725. The van der Waals surface area contributed by atoms with Crippen molar-refractivity contribution in [2.45, 2.75) is 5.41 Å². The van der Waals surface area contributed by atoms with Crippen LogP contribution in [0.2, 0.25) is 0 Å². The van der Waals surface area contributed by atoms with E-state index >= 15 is 0 Å². The second kappa shape index (κ2) is 10.4. The summed E-state index contributed by atoms with van der Waals surface area (Å²) in [5.41, 5.74) is 18.9. The quantitative estimate of drug-likeness (QED) is 0.120. The number of hydrogen-bond acceptors (Lipinski definition) is 7. The SMILES string of the molecule is Nc1ccc(C(=O)Oc2ccc3c(c2)Oc2cc(OC(=O)c4ccc(N)cc4)ccc2C32c3ccccc3-c3ccccc32)cc1. The second-order valence-corrected chi connectivity index (χ2v) is 11.3. The van der Waals surface area contributed by atoms with Crippen molar-refractivity contribution in [1.29, 1.82) is 0 Å². The number of rotatable bonds is 4. The molecule has 1 spiro atoms. The summed E-state index contributed by atoms with van der Waals surface area (Å²) in [7, 11) is 0. The fourth-order valence-corrected chi connectivity index (χ4v) is 6.57. The van der Waals surface area contributed by atoms with E-state index in [0.717, 1.165) is 33.4 Å². The Labute approximate surface area is 264 Å². The highest BCUT2D eigenvalue weighted by atomic mass is 16.5. The molecule has 6 aromatic rings. The first-order valence-electron chi connectivity index (χ1n) is 14.7. The number of hydrogen-bond donors (Lipinski definition) is 2. The van der Waals surface area contributed by atoms with Gasteiger partial charge in [0.05, 0.1) is 16.5 Å². The van der Waals surface area contributed by atoms with Crippen molar-refractivity contribution in [2.75, 3.05) is 11.5 Å². The standard InChI is InChI=1S/C39H26N2O5/c40-25-13-9-23(10-14-25)37(42)44-27-17-19-33-35(21-27)46-36-22-28(45-38(43)24-11-15-26(41)16-12-24)18-20-34(36)39(33)31-7-3-1-5-29(31)30-6-2-4-8-32(30)39/h1-22H,40-41H2. The van der Waals surface area contributed by atoms with E-state index in [1.54, 1.807) is 72.8 Å². The van der Waals surface area contributed by atoms with Crippen LogP contribution in [0.15, 0.2) is 133 Å². The monoisotopic (exact) mass is 602 g/mol. The number of carbonyl (C=O) groups excluding carboxylic acids is 2. The van der Waals surface area contributed by atoms with Gasteiger partial charge in [-0.1, -0.05) is 60.7 Å². The maximum absolute atomic E-state index is 13.0. The molecule has 6 aromatic carbocycles. The number of fused-ring (bicyclic) bond motifs is 9. The molecule has 0 amide bonds. The predicted molar refractivity (Wildman–Crippen MR) is 175 cm³/mol. The van der Waals surface area contributed by atoms with Crippen LogP contribution in [0, 0.1) is 0 Å². The molecule has 0 unspecified atom stereocenters. The molecule has 0 aromatic heterocycles. The van der Waals surface area contributed by atoms with Gasteiger partial charge in [-0.15, -0.1) is 0 Å². The van der Waals surface area contributed by atoms with Crippen molar-refractivity contribution in [3.8, 4) is 34.1 Å². The number of nitrogen functional groups attached to an aromatic ring is 2. The lowest BCUT2D eigenvalue weighted by Crippen LogP contribution is -2.32. The minimum atomic E-state index is -0.741. The Kier molecular flexibility index (Phi) is 6.15. The zero-order valence-corrected chi connectivity index (χ0v) is 24.4. The normalized spacial score (nSPS) is 13.0. The predicted octanol–water partition coefficient (Wildman–Crippen LogP) is 7.76.